The molecule has 2 aliphatic heterocycles. The Balaban J connectivity index is 1.88. The number of β-amino-alcohol motifs (C(OH)–C–C–N with tert-alkyl or cyclic N) is 1. The van der Waals surface area contributed by atoms with E-state index in [2.05, 4.69) is 5.16 Å². The maximum Gasteiger partial charge on any atom is 0.221 e. The molecule has 1 saturated heterocycles. The second-order valence-electron chi connectivity index (χ2n) is 8.03. The number of nitrogens with zero attached hydrogens (tertiary/aromatic N) is 2. The molecule has 28 heavy (non-hydrogen) atoms. The molecule has 3 atom stereocenters. The molecule has 0 saturated carbocycles. The van der Waals surface area contributed by atoms with Crippen LogP contribution in [0.5, 0.6) is 0 Å². The van der Waals surface area contributed by atoms with Crippen LogP contribution >= 0.6 is 0 Å². The molecule has 0 bridgehead atoms. The van der Waals surface area contributed by atoms with Gasteiger partial charge in [-0.15, -0.1) is 0 Å². The van der Waals surface area contributed by atoms with Crippen molar-refractivity contribution in [2.75, 3.05) is 26.3 Å². The van der Waals surface area contributed by atoms with Gasteiger partial charge in [0, 0.05) is 24.7 Å². The van der Waals surface area contributed by atoms with Crippen molar-refractivity contribution in [1.29, 1.82) is 0 Å². The van der Waals surface area contributed by atoms with E-state index < -0.39 is 17.3 Å². The summed E-state index contributed by atoms with van der Waals surface area (Å²) < 4.78 is 5.88. The molecule has 3 aliphatic rings. The van der Waals surface area contributed by atoms with E-state index in [0.717, 1.165) is 22.3 Å². The summed E-state index contributed by atoms with van der Waals surface area (Å²) in [5, 5.41) is 25.4. The molecule has 150 valence electrons. The number of hydrogen-bond acceptors (Lipinski definition) is 7. The lowest BCUT2D eigenvalue weighted by Crippen LogP contribution is -2.65. The summed E-state index contributed by atoms with van der Waals surface area (Å²) in [7, 11) is 0. The first kappa shape index (κ1) is 19.1. The van der Waals surface area contributed by atoms with Crippen LogP contribution in [0.3, 0.4) is 0 Å². The number of rotatable bonds is 3. The highest BCUT2D eigenvalue weighted by atomic mass is 16.7. The second-order valence-corrected chi connectivity index (χ2v) is 8.03. The van der Waals surface area contributed by atoms with Gasteiger partial charge >= 0.3 is 0 Å². The number of ether oxygens (including phenoxy) is 1. The van der Waals surface area contributed by atoms with Crippen LogP contribution in [0.25, 0.3) is 0 Å². The Bertz CT molecular complexity index is 883. The molecule has 1 aromatic rings. The summed E-state index contributed by atoms with van der Waals surface area (Å²) in [5.74, 6) is -2.84. The van der Waals surface area contributed by atoms with Gasteiger partial charge < -0.3 is 24.7 Å². The topological polar surface area (TPSA) is 91.6 Å². The molecule has 0 spiro atoms. The first-order chi connectivity index (χ1) is 13.2. The summed E-state index contributed by atoms with van der Waals surface area (Å²) in [5.41, 5.74) is 3.52. The van der Waals surface area contributed by atoms with E-state index >= 15 is 0 Å². The minimum Gasteiger partial charge on any atom is -0.395 e. The summed E-state index contributed by atoms with van der Waals surface area (Å²) in [6, 6.07) is 4.09. The van der Waals surface area contributed by atoms with Crippen molar-refractivity contribution in [2.45, 2.75) is 39.1 Å². The number of oxime groups is 1. The Kier molecular flexibility index (Phi) is 4.37. The van der Waals surface area contributed by atoms with Gasteiger partial charge in [0.05, 0.1) is 18.9 Å². The fraction of sp³-hybridized carbons (Fsp3) is 0.524. The minimum atomic E-state index is -1.75. The fourth-order valence-corrected chi connectivity index (χ4v) is 4.81. The number of aryl methyl sites for hydroxylation is 3. The third kappa shape index (κ3) is 2.53. The number of aliphatic hydroxyl groups excluding tert-OH is 1. The van der Waals surface area contributed by atoms with E-state index in [1.165, 1.54) is 6.08 Å². The summed E-state index contributed by atoms with van der Waals surface area (Å²) >= 11 is 0. The molecule has 0 aromatic heterocycles. The zero-order valence-corrected chi connectivity index (χ0v) is 16.7. The first-order valence-corrected chi connectivity index (χ1v) is 9.55. The van der Waals surface area contributed by atoms with Crippen molar-refractivity contribution in [3.8, 4) is 0 Å². The molecule has 4 rings (SSSR count). The van der Waals surface area contributed by atoms with E-state index in [9.17, 15) is 15.0 Å². The number of fused-ring (bicyclic) bond motifs is 3. The monoisotopic (exact) mass is 386 g/mol. The predicted molar refractivity (Wildman–Crippen MR) is 103 cm³/mol. The van der Waals surface area contributed by atoms with E-state index in [4.69, 9.17) is 9.57 Å². The zero-order chi connectivity index (χ0) is 20.3. The quantitative estimate of drug-likeness (QED) is 0.811. The van der Waals surface area contributed by atoms with Crippen LogP contribution in [0.1, 0.15) is 29.2 Å². The highest BCUT2D eigenvalue weighted by Crippen LogP contribution is 2.49. The van der Waals surface area contributed by atoms with Crippen LogP contribution in [-0.4, -0.2) is 64.3 Å². The van der Waals surface area contributed by atoms with Crippen molar-refractivity contribution in [3.05, 3.63) is 46.2 Å². The Hall–Kier alpha value is -2.22. The van der Waals surface area contributed by atoms with Gasteiger partial charge in [-0.05, 0) is 38.8 Å². The van der Waals surface area contributed by atoms with E-state index in [-0.39, 0.29) is 19.0 Å². The van der Waals surface area contributed by atoms with Crippen molar-refractivity contribution in [2.24, 2.45) is 11.1 Å². The molecule has 7 nitrogen and oxygen atoms in total. The average Bonchev–Trinajstić information content (AvgIpc) is 2.96. The van der Waals surface area contributed by atoms with Crippen molar-refractivity contribution >= 4 is 11.5 Å². The Morgan fingerprint density at radius 3 is 2.61 bits per heavy atom. The summed E-state index contributed by atoms with van der Waals surface area (Å²) in [4.78, 5) is 20.5. The molecule has 0 radical (unpaired) electrons. The lowest BCUT2D eigenvalue weighted by molar-refractivity contribution is -0.254. The third-order valence-corrected chi connectivity index (χ3v) is 6.00. The Morgan fingerprint density at radius 2 is 1.96 bits per heavy atom. The molecule has 2 N–H and O–H groups in total. The smallest absolute Gasteiger partial charge is 0.221 e. The van der Waals surface area contributed by atoms with Gasteiger partial charge in [-0.2, -0.15) is 0 Å². The van der Waals surface area contributed by atoms with Crippen LogP contribution in [0.15, 0.2) is 29.1 Å². The molecule has 1 aromatic carbocycles. The largest absolute Gasteiger partial charge is 0.395 e. The van der Waals surface area contributed by atoms with Crippen molar-refractivity contribution in [1.82, 2.24) is 4.90 Å². The van der Waals surface area contributed by atoms with Gasteiger partial charge in [0.15, 0.2) is 0 Å². The Morgan fingerprint density at radius 1 is 1.29 bits per heavy atom. The van der Waals surface area contributed by atoms with Gasteiger partial charge in [0.25, 0.3) is 0 Å². The number of ketones is 1. The van der Waals surface area contributed by atoms with E-state index in [1.54, 1.807) is 11.8 Å². The Labute approximate surface area is 164 Å². The predicted octanol–water partition coefficient (Wildman–Crippen LogP) is 1.20. The van der Waals surface area contributed by atoms with E-state index in [1.807, 2.05) is 32.9 Å². The maximum atomic E-state index is 13.0. The van der Waals surface area contributed by atoms with Crippen LogP contribution < -0.4 is 0 Å². The van der Waals surface area contributed by atoms with Crippen LogP contribution in [0.4, 0.5) is 0 Å². The number of carbonyl (C=O) groups is 1. The van der Waals surface area contributed by atoms with Crippen molar-refractivity contribution < 1.29 is 24.6 Å². The fourth-order valence-electron chi connectivity index (χ4n) is 4.81. The standard InChI is InChI=1S/C21H26N2O5/c1-12-9-13(2)17(14(3)10-12)18-19-20(4,28-22-18)16(25)11-15-21(19,26)27-8-6-23(15)5-7-24/h9-11,19,24,26H,5-8H2,1-4H3/t19-,20-,21?/m0/s1. The van der Waals surface area contributed by atoms with Crippen LogP contribution in [-0.2, 0) is 14.4 Å². The molecule has 7 heteroatoms. The second kappa shape index (κ2) is 6.40. The number of morpholine rings is 1. The number of aliphatic hydroxyl groups is 2. The summed E-state index contributed by atoms with van der Waals surface area (Å²) in [6.45, 7) is 8.62. The molecular formula is C21H26N2O5. The van der Waals surface area contributed by atoms with Gasteiger partial charge in [0.1, 0.15) is 11.6 Å². The lowest BCUT2D eigenvalue weighted by atomic mass is 9.69. The average molecular weight is 386 g/mol. The number of benzene rings is 1. The summed E-state index contributed by atoms with van der Waals surface area (Å²) in [6.07, 6.45) is 1.37. The number of hydrogen-bond donors (Lipinski definition) is 2. The lowest BCUT2D eigenvalue weighted by Gasteiger charge is -2.50. The number of carbonyl (C=O) groups excluding carboxylic acids is 1. The van der Waals surface area contributed by atoms with Gasteiger partial charge in [-0.3, -0.25) is 4.79 Å². The molecule has 1 aliphatic carbocycles. The van der Waals surface area contributed by atoms with Crippen molar-refractivity contribution in [3.63, 3.8) is 0 Å². The van der Waals surface area contributed by atoms with Crippen LogP contribution in [0, 0.1) is 26.7 Å². The maximum absolute atomic E-state index is 13.0. The van der Waals surface area contributed by atoms with Gasteiger partial charge in [-0.25, -0.2) is 0 Å². The zero-order valence-electron chi connectivity index (χ0n) is 16.7. The van der Waals surface area contributed by atoms with Crippen LogP contribution in [0.2, 0.25) is 0 Å². The molecular weight excluding hydrogens is 360 g/mol. The highest BCUT2D eigenvalue weighted by Gasteiger charge is 2.66. The van der Waals surface area contributed by atoms with Gasteiger partial charge in [0.2, 0.25) is 17.2 Å². The minimum absolute atomic E-state index is 0.0861. The molecule has 1 unspecified atom stereocenters. The van der Waals surface area contributed by atoms with Gasteiger partial charge in [-0.1, -0.05) is 22.9 Å². The highest BCUT2D eigenvalue weighted by molar-refractivity contribution is 6.13. The first-order valence-electron chi connectivity index (χ1n) is 9.55. The SMILES string of the molecule is Cc1cc(C)c(C2=NO[C@@]3(C)C(=O)C=C4N(CCO)CCOC4(O)[C@@H]23)c(C)c1. The molecule has 1 fully saturated rings. The van der Waals surface area contributed by atoms with E-state index in [0.29, 0.717) is 24.5 Å². The molecule has 0 amide bonds. The third-order valence-electron chi connectivity index (χ3n) is 6.00. The molecule has 2 heterocycles. The normalized spacial score (nSPS) is 31.7.